The highest BCUT2D eigenvalue weighted by Gasteiger charge is 2.20. The van der Waals surface area contributed by atoms with Gasteiger partial charge in [0, 0.05) is 5.56 Å². The summed E-state index contributed by atoms with van der Waals surface area (Å²) in [6, 6.07) is 8.82. The van der Waals surface area contributed by atoms with E-state index in [1.165, 1.54) is 50.6 Å². The molecule has 0 bridgehead atoms. The van der Waals surface area contributed by atoms with Crippen LogP contribution in [0.1, 0.15) is 22.0 Å². The van der Waals surface area contributed by atoms with E-state index in [4.69, 9.17) is 9.47 Å². The number of carbonyl (C=O) groups is 1. The number of rotatable bonds is 6. The molecule has 2 aromatic carbocycles. The van der Waals surface area contributed by atoms with E-state index < -0.39 is 17.9 Å². The van der Waals surface area contributed by atoms with Crippen molar-refractivity contribution in [3.8, 4) is 16.9 Å². The zero-order chi connectivity index (χ0) is 18.6. The van der Waals surface area contributed by atoms with Crippen molar-refractivity contribution >= 4 is 5.97 Å². The number of carbonyl (C=O) groups excluding carboxylic acids is 1. The molecule has 0 saturated carbocycles. The van der Waals surface area contributed by atoms with Crippen molar-refractivity contribution in [1.82, 2.24) is 0 Å². The molecule has 25 heavy (non-hydrogen) atoms. The zero-order valence-electron chi connectivity index (χ0n) is 14.1. The highest BCUT2D eigenvalue weighted by atomic mass is 19.1. The van der Waals surface area contributed by atoms with E-state index in [2.05, 4.69) is 13.2 Å². The summed E-state index contributed by atoms with van der Waals surface area (Å²) >= 11 is 0. The summed E-state index contributed by atoms with van der Waals surface area (Å²) in [5.74, 6) is -0.573. The van der Waals surface area contributed by atoms with Crippen LogP contribution in [-0.2, 0) is 4.74 Å². The van der Waals surface area contributed by atoms with Crippen LogP contribution in [0.25, 0.3) is 11.1 Å². The lowest BCUT2D eigenvalue weighted by atomic mass is 9.91. The number of halogens is 1. The molecule has 0 heterocycles. The fraction of sp³-hybridized carbons (Fsp3) is 0.150. The second-order valence-corrected chi connectivity index (χ2v) is 5.32. The zero-order valence-corrected chi connectivity index (χ0v) is 14.1. The molecule has 130 valence electrons. The monoisotopic (exact) mass is 342 g/mol. The normalized spacial score (nSPS) is 11.5. The molecule has 0 fully saturated rings. The first-order chi connectivity index (χ1) is 11.9. The number of methoxy groups -OCH3 is 2. The molecule has 0 amide bonds. The number of aliphatic hydroxyl groups excluding tert-OH is 1. The van der Waals surface area contributed by atoms with Crippen LogP contribution in [0.15, 0.2) is 61.2 Å². The average Bonchev–Trinajstić information content (AvgIpc) is 2.66. The van der Waals surface area contributed by atoms with Gasteiger partial charge in [0.1, 0.15) is 17.7 Å². The third kappa shape index (κ3) is 3.78. The van der Waals surface area contributed by atoms with Gasteiger partial charge in [-0.05, 0) is 47.0 Å². The third-order valence-corrected chi connectivity index (χ3v) is 3.84. The van der Waals surface area contributed by atoms with Crippen LogP contribution in [0.3, 0.4) is 0 Å². The summed E-state index contributed by atoms with van der Waals surface area (Å²) in [5, 5.41) is 10.6. The van der Waals surface area contributed by atoms with Gasteiger partial charge in [0.15, 0.2) is 0 Å². The molecule has 5 heteroatoms. The van der Waals surface area contributed by atoms with E-state index in [-0.39, 0.29) is 11.1 Å². The molecule has 4 nitrogen and oxygen atoms in total. The Hall–Kier alpha value is -2.92. The fourth-order valence-electron chi connectivity index (χ4n) is 2.43. The summed E-state index contributed by atoms with van der Waals surface area (Å²) in [7, 11) is 2.74. The van der Waals surface area contributed by atoms with E-state index in [0.717, 1.165) is 0 Å². The minimum absolute atomic E-state index is 0.237. The smallest absolute Gasteiger partial charge is 0.337 e. The van der Waals surface area contributed by atoms with Crippen molar-refractivity contribution in [1.29, 1.82) is 0 Å². The molecule has 0 spiro atoms. The van der Waals surface area contributed by atoms with Crippen molar-refractivity contribution in [2.75, 3.05) is 14.2 Å². The predicted molar refractivity (Wildman–Crippen MR) is 94.0 cm³/mol. The van der Waals surface area contributed by atoms with Gasteiger partial charge >= 0.3 is 5.97 Å². The summed E-state index contributed by atoms with van der Waals surface area (Å²) in [4.78, 5) is 11.8. The molecule has 0 aliphatic heterocycles. The first-order valence-electron chi connectivity index (χ1n) is 7.48. The van der Waals surface area contributed by atoms with Crippen LogP contribution in [-0.4, -0.2) is 25.3 Å². The molecule has 0 aliphatic carbocycles. The predicted octanol–water partition coefficient (Wildman–Crippen LogP) is 4.06. The summed E-state index contributed by atoms with van der Waals surface area (Å²) in [5.41, 5.74) is 1.54. The van der Waals surface area contributed by atoms with Crippen molar-refractivity contribution in [2.45, 2.75) is 6.10 Å². The van der Waals surface area contributed by atoms with Gasteiger partial charge in [0.05, 0.1) is 19.8 Å². The van der Waals surface area contributed by atoms with Crippen molar-refractivity contribution in [2.24, 2.45) is 0 Å². The molecule has 0 radical (unpaired) electrons. The largest absolute Gasteiger partial charge is 0.497 e. The Morgan fingerprint density at radius 1 is 1.20 bits per heavy atom. The van der Waals surface area contributed by atoms with Gasteiger partial charge in [-0.15, -0.1) is 0 Å². The molecule has 1 N–H and O–H groups in total. The van der Waals surface area contributed by atoms with Gasteiger partial charge in [0.2, 0.25) is 0 Å². The van der Waals surface area contributed by atoms with Crippen LogP contribution in [0, 0.1) is 5.82 Å². The maximum Gasteiger partial charge on any atom is 0.337 e. The van der Waals surface area contributed by atoms with Crippen LogP contribution in [0.2, 0.25) is 0 Å². The van der Waals surface area contributed by atoms with Gasteiger partial charge in [-0.25, -0.2) is 9.18 Å². The lowest BCUT2D eigenvalue weighted by Crippen LogP contribution is -2.07. The lowest BCUT2D eigenvalue weighted by molar-refractivity contribution is 0.0600. The van der Waals surface area contributed by atoms with E-state index in [1.807, 2.05) is 0 Å². The standard InChI is InChI=1S/C20H19FO4/c1-5-12(2)19(22)17-10-13(20(23)25-4)6-8-15(17)16-11-14(24-3)7-9-18(16)21/h5-11,19,22H,1-2H2,3-4H3. The number of ether oxygens (including phenoxy) is 2. The number of hydrogen-bond acceptors (Lipinski definition) is 4. The quantitative estimate of drug-likeness (QED) is 0.635. The number of aliphatic hydroxyl groups is 1. The number of benzene rings is 2. The van der Waals surface area contributed by atoms with E-state index >= 15 is 0 Å². The molecule has 2 aromatic rings. The highest BCUT2D eigenvalue weighted by molar-refractivity contribution is 5.90. The molecule has 0 aromatic heterocycles. The molecule has 2 rings (SSSR count). The first-order valence-corrected chi connectivity index (χ1v) is 7.48. The second-order valence-electron chi connectivity index (χ2n) is 5.32. The molecule has 0 saturated heterocycles. The molecule has 0 aliphatic rings. The van der Waals surface area contributed by atoms with Gasteiger partial charge in [-0.2, -0.15) is 0 Å². The Morgan fingerprint density at radius 3 is 2.52 bits per heavy atom. The Balaban J connectivity index is 2.70. The van der Waals surface area contributed by atoms with Crippen molar-refractivity contribution in [3.63, 3.8) is 0 Å². The maximum absolute atomic E-state index is 14.4. The van der Waals surface area contributed by atoms with Crippen LogP contribution in [0.4, 0.5) is 4.39 Å². The fourth-order valence-corrected chi connectivity index (χ4v) is 2.43. The molecular formula is C20H19FO4. The van der Waals surface area contributed by atoms with Gasteiger partial charge in [-0.1, -0.05) is 25.3 Å². The Morgan fingerprint density at radius 2 is 1.92 bits per heavy atom. The SMILES string of the molecule is C=CC(=C)C(O)c1cc(C(=O)OC)ccc1-c1cc(OC)ccc1F. The minimum Gasteiger partial charge on any atom is -0.497 e. The van der Waals surface area contributed by atoms with Gasteiger partial charge in [-0.3, -0.25) is 0 Å². The first kappa shape index (κ1) is 18.4. The molecule has 1 unspecified atom stereocenters. The maximum atomic E-state index is 14.4. The number of hydrogen-bond donors (Lipinski definition) is 1. The van der Waals surface area contributed by atoms with Gasteiger partial charge < -0.3 is 14.6 Å². The van der Waals surface area contributed by atoms with Crippen LogP contribution < -0.4 is 4.74 Å². The number of esters is 1. The van der Waals surface area contributed by atoms with Crippen molar-refractivity contribution in [3.05, 3.63) is 78.1 Å². The Kier molecular flexibility index (Phi) is 5.72. The lowest BCUT2D eigenvalue weighted by Gasteiger charge is -2.18. The van der Waals surface area contributed by atoms with Crippen molar-refractivity contribution < 1.29 is 23.8 Å². The highest BCUT2D eigenvalue weighted by Crippen LogP contribution is 2.35. The van der Waals surface area contributed by atoms with E-state index in [9.17, 15) is 14.3 Å². The Labute approximate surface area is 145 Å². The molecule has 1 atom stereocenters. The van der Waals surface area contributed by atoms with Crippen LogP contribution in [0.5, 0.6) is 5.75 Å². The van der Waals surface area contributed by atoms with Gasteiger partial charge in [0.25, 0.3) is 0 Å². The Bertz CT molecular complexity index is 826. The third-order valence-electron chi connectivity index (χ3n) is 3.84. The average molecular weight is 342 g/mol. The molecular weight excluding hydrogens is 323 g/mol. The minimum atomic E-state index is -1.15. The topological polar surface area (TPSA) is 55.8 Å². The summed E-state index contributed by atoms with van der Waals surface area (Å²) in [6.45, 7) is 7.32. The van der Waals surface area contributed by atoms with Crippen LogP contribution >= 0.6 is 0 Å². The second kappa shape index (κ2) is 7.77. The van der Waals surface area contributed by atoms with E-state index in [0.29, 0.717) is 22.4 Å². The summed E-state index contributed by atoms with van der Waals surface area (Å²) < 4.78 is 24.2. The summed E-state index contributed by atoms with van der Waals surface area (Å²) in [6.07, 6.45) is 0.254. The van der Waals surface area contributed by atoms with E-state index in [1.54, 1.807) is 6.07 Å².